The van der Waals surface area contributed by atoms with Gasteiger partial charge in [-0.3, -0.25) is 4.79 Å². The van der Waals surface area contributed by atoms with Crippen LogP contribution < -0.4 is 10.6 Å². The Morgan fingerprint density at radius 1 is 1.36 bits per heavy atom. The van der Waals surface area contributed by atoms with E-state index in [0.29, 0.717) is 42.2 Å². The van der Waals surface area contributed by atoms with Gasteiger partial charge in [0.05, 0.1) is 12.0 Å². The molecule has 2 aromatic rings. The molecule has 3 rings (SSSR count). The molecule has 6 nitrogen and oxygen atoms in total. The van der Waals surface area contributed by atoms with Crippen molar-refractivity contribution in [2.24, 2.45) is 11.3 Å². The van der Waals surface area contributed by atoms with Crippen LogP contribution >= 0.6 is 11.6 Å². The lowest BCUT2D eigenvalue weighted by Crippen LogP contribution is -2.62. The lowest BCUT2D eigenvalue weighted by atomic mass is 9.75. The summed E-state index contributed by atoms with van der Waals surface area (Å²) in [6.07, 6.45) is 1.42. The standard InChI is InChI=1S/C18H23ClN4O2/c1-12(2)7-16-22-15(23-25-16)9-21-17(24)18(10-20-11-18)8-13-3-5-14(19)6-4-13/h3-6,12,20H,7-11H2,1-2H3,(H,21,24). The monoisotopic (exact) mass is 362 g/mol. The normalized spacial score (nSPS) is 15.8. The Morgan fingerprint density at radius 2 is 2.08 bits per heavy atom. The zero-order valence-corrected chi connectivity index (χ0v) is 15.3. The summed E-state index contributed by atoms with van der Waals surface area (Å²) in [4.78, 5) is 17.0. The van der Waals surface area contributed by atoms with E-state index in [1.165, 1.54) is 0 Å². The summed E-state index contributed by atoms with van der Waals surface area (Å²) in [5.74, 6) is 1.58. The minimum atomic E-state index is -0.432. The number of aromatic nitrogens is 2. The smallest absolute Gasteiger partial charge is 0.229 e. The van der Waals surface area contributed by atoms with Crippen LogP contribution in [0.1, 0.15) is 31.1 Å². The Morgan fingerprint density at radius 3 is 2.68 bits per heavy atom. The summed E-state index contributed by atoms with van der Waals surface area (Å²) in [7, 11) is 0. The predicted molar refractivity (Wildman–Crippen MR) is 95.1 cm³/mol. The van der Waals surface area contributed by atoms with Crippen molar-refractivity contribution in [3.8, 4) is 0 Å². The lowest BCUT2D eigenvalue weighted by molar-refractivity contribution is -0.134. The highest BCUT2D eigenvalue weighted by Gasteiger charge is 2.44. The van der Waals surface area contributed by atoms with Gasteiger partial charge in [0.25, 0.3) is 0 Å². The molecule has 0 spiro atoms. The first-order valence-corrected chi connectivity index (χ1v) is 8.89. The topological polar surface area (TPSA) is 80.0 Å². The Balaban J connectivity index is 1.58. The van der Waals surface area contributed by atoms with Crippen molar-refractivity contribution in [2.45, 2.75) is 33.2 Å². The number of carbonyl (C=O) groups is 1. The van der Waals surface area contributed by atoms with E-state index in [4.69, 9.17) is 16.1 Å². The van der Waals surface area contributed by atoms with Gasteiger partial charge in [-0.2, -0.15) is 4.98 Å². The SMILES string of the molecule is CC(C)Cc1nc(CNC(=O)C2(Cc3ccc(Cl)cc3)CNC2)no1. The lowest BCUT2D eigenvalue weighted by Gasteiger charge is -2.41. The van der Waals surface area contributed by atoms with Crippen LogP contribution in [-0.4, -0.2) is 29.1 Å². The average molecular weight is 363 g/mol. The maximum atomic E-state index is 12.7. The Kier molecular flexibility index (Phi) is 5.39. The zero-order valence-electron chi connectivity index (χ0n) is 14.5. The van der Waals surface area contributed by atoms with E-state index in [1.54, 1.807) is 0 Å². The van der Waals surface area contributed by atoms with E-state index in [0.717, 1.165) is 12.0 Å². The van der Waals surface area contributed by atoms with Gasteiger partial charge in [-0.05, 0) is 30.0 Å². The maximum absolute atomic E-state index is 12.7. The Labute approximate surface area is 152 Å². The first-order chi connectivity index (χ1) is 12.0. The highest BCUT2D eigenvalue weighted by atomic mass is 35.5. The van der Waals surface area contributed by atoms with E-state index in [-0.39, 0.29) is 12.5 Å². The second-order valence-electron chi connectivity index (χ2n) is 7.07. The summed E-state index contributed by atoms with van der Waals surface area (Å²) < 4.78 is 5.20. The summed E-state index contributed by atoms with van der Waals surface area (Å²) in [6.45, 7) is 5.78. The summed E-state index contributed by atoms with van der Waals surface area (Å²) in [5, 5.41) is 10.8. The summed E-state index contributed by atoms with van der Waals surface area (Å²) in [6, 6.07) is 7.63. The Bertz CT molecular complexity index is 723. The van der Waals surface area contributed by atoms with Crippen molar-refractivity contribution in [3.63, 3.8) is 0 Å². The molecule has 0 aliphatic carbocycles. The molecule has 1 aliphatic rings. The number of amides is 1. The number of hydrogen-bond donors (Lipinski definition) is 2. The molecule has 0 atom stereocenters. The number of benzene rings is 1. The second kappa shape index (κ2) is 7.54. The summed E-state index contributed by atoms with van der Waals surface area (Å²) in [5.41, 5.74) is 0.665. The third-order valence-electron chi connectivity index (χ3n) is 4.36. The van der Waals surface area contributed by atoms with Crippen LogP contribution in [-0.2, 0) is 24.2 Å². The number of nitrogens with zero attached hydrogens (tertiary/aromatic N) is 2. The molecular formula is C18H23ClN4O2. The molecule has 2 N–H and O–H groups in total. The molecule has 0 saturated carbocycles. The van der Waals surface area contributed by atoms with Gasteiger partial charge in [0.15, 0.2) is 5.82 Å². The van der Waals surface area contributed by atoms with Gasteiger partial charge in [0.1, 0.15) is 0 Å². The quantitative estimate of drug-likeness (QED) is 0.790. The molecule has 1 aromatic heterocycles. The number of halogens is 1. The third kappa shape index (κ3) is 4.38. The summed E-state index contributed by atoms with van der Waals surface area (Å²) >= 11 is 5.93. The molecule has 1 aromatic carbocycles. The average Bonchev–Trinajstić information content (AvgIpc) is 2.97. The van der Waals surface area contributed by atoms with Gasteiger partial charge in [-0.1, -0.05) is 42.7 Å². The van der Waals surface area contributed by atoms with Gasteiger partial charge in [-0.25, -0.2) is 0 Å². The second-order valence-corrected chi connectivity index (χ2v) is 7.51. The van der Waals surface area contributed by atoms with E-state index in [9.17, 15) is 4.79 Å². The third-order valence-corrected chi connectivity index (χ3v) is 4.62. The van der Waals surface area contributed by atoms with Crippen molar-refractivity contribution in [2.75, 3.05) is 13.1 Å². The fourth-order valence-electron chi connectivity index (χ4n) is 2.93. The molecule has 1 amide bonds. The van der Waals surface area contributed by atoms with Gasteiger partial charge in [0, 0.05) is 24.5 Å². The van der Waals surface area contributed by atoms with Gasteiger partial charge < -0.3 is 15.2 Å². The van der Waals surface area contributed by atoms with Crippen molar-refractivity contribution in [1.29, 1.82) is 0 Å². The molecule has 1 aliphatic heterocycles. The minimum absolute atomic E-state index is 0.0106. The van der Waals surface area contributed by atoms with Gasteiger partial charge >= 0.3 is 0 Å². The number of rotatable bonds is 7. The van der Waals surface area contributed by atoms with E-state index in [2.05, 4.69) is 34.6 Å². The van der Waals surface area contributed by atoms with E-state index >= 15 is 0 Å². The zero-order chi connectivity index (χ0) is 17.9. The van der Waals surface area contributed by atoms with Crippen LogP contribution in [0.25, 0.3) is 0 Å². The van der Waals surface area contributed by atoms with E-state index < -0.39 is 5.41 Å². The van der Waals surface area contributed by atoms with Crippen LogP contribution in [0.3, 0.4) is 0 Å². The molecule has 134 valence electrons. The molecule has 0 unspecified atom stereocenters. The molecular weight excluding hydrogens is 340 g/mol. The molecule has 1 saturated heterocycles. The minimum Gasteiger partial charge on any atom is -0.348 e. The van der Waals surface area contributed by atoms with Gasteiger partial charge in [-0.15, -0.1) is 0 Å². The van der Waals surface area contributed by atoms with Crippen molar-refractivity contribution in [1.82, 2.24) is 20.8 Å². The van der Waals surface area contributed by atoms with Crippen molar-refractivity contribution < 1.29 is 9.32 Å². The molecule has 7 heteroatoms. The molecule has 0 bridgehead atoms. The molecule has 1 fully saturated rings. The first kappa shape index (κ1) is 17.9. The van der Waals surface area contributed by atoms with Crippen molar-refractivity contribution in [3.05, 3.63) is 46.6 Å². The van der Waals surface area contributed by atoms with Crippen LogP contribution in [0.5, 0.6) is 0 Å². The number of hydrogen-bond acceptors (Lipinski definition) is 5. The van der Waals surface area contributed by atoms with Crippen LogP contribution in [0.15, 0.2) is 28.8 Å². The predicted octanol–water partition coefficient (Wildman–Crippen LogP) is 2.37. The fraction of sp³-hybridized carbons (Fsp3) is 0.500. The first-order valence-electron chi connectivity index (χ1n) is 8.52. The van der Waals surface area contributed by atoms with Crippen LogP contribution in [0, 0.1) is 11.3 Å². The van der Waals surface area contributed by atoms with Crippen LogP contribution in [0.4, 0.5) is 0 Å². The van der Waals surface area contributed by atoms with E-state index in [1.807, 2.05) is 24.3 Å². The fourth-order valence-corrected chi connectivity index (χ4v) is 3.05. The molecule has 2 heterocycles. The van der Waals surface area contributed by atoms with Crippen LogP contribution in [0.2, 0.25) is 5.02 Å². The maximum Gasteiger partial charge on any atom is 0.229 e. The highest BCUT2D eigenvalue weighted by molar-refractivity contribution is 6.30. The van der Waals surface area contributed by atoms with Gasteiger partial charge in [0.2, 0.25) is 11.8 Å². The number of nitrogens with one attached hydrogen (secondary N) is 2. The Hall–Kier alpha value is -1.92. The van der Waals surface area contributed by atoms with Crippen molar-refractivity contribution >= 4 is 17.5 Å². The highest BCUT2D eigenvalue weighted by Crippen LogP contribution is 2.28. The molecule has 0 radical (unpaired) electrons. The number of carbonyl (C=O) groups excluding carboxylic acids is 1. The molecule has 25 heavy (non-hydrogen) atoms. The largest absolute Gasteiger partial charge is 0.348 e.